The molecule has 0 amide bonds. The van der Waals surface area contributed by atoms with Gasteiger partial charge < -0.3 is 15.0 Å². The van der Waals surface area contributed by atoms with Gasteiger partial charge in [-0.1, -0.05) is 251 Å². The number of aliphatic imine (C=N–C) groups is 1. The number of rotatable bonds is 4. The zero-order chi connectivity index (χ0) is 61.6. The first-order valence-corrected chi connectivity index (χ1v) is 31.0. The molecule has 4 heteroatoms. The van der Waals surface area contributed by atoms with E-state index in [0.29, 0.717) is 0 Å². The number of aromatic amines is 2. The molecule has 2 aliphatic heterocycles. The summed E-state index contributed by atoms with van der Waals surface area (Å²) in [5, 5.41) is 4.03. The largest absolute Gasteiger partial charge is 0.657 e. The number of aromatic nitrogens is 3. The smallest absolute Gasteiger partial charge is 0.0815 e. The van der Waals surface area contributed by atoms with E-state index in [2.05, 4.69) is 304 Å². The maximum Gasteiger partial charge on any atom is 0.0815 e. The van der Waals surface area contributed by atoms with Gasteiger partial charge in [0, 0.05) is 43.7 Å². The lowest BCUT2D eigenvalue weighted by Gasteiger charge is -2.28. The summed E-state index contributed by atoms with van der Waals surface area (Å²) < 4.78 is 0. The summed E-state index contributed by atoms with van der Waals surface area (Å²) in [4.78, 5) is 20.5. The minimum absolute atomic E-state index is 0.109. The van der Waals surface area contributed by atoms with Gasteiger partial charge in [-0.2, -0.15) is 0 Å². The van der Waals surface area contributed by atoms with Crippen molar-refractivity contribution in [3.05, 3.63) is 243 Å². The number of nitrogens with one attached hydrogen (secondary N) is 2. The lowest BCUT2D eigenvalue weighted by molar-refractivity contribution is 0.567. The van der Waals surface area contributed by atoms with Gasteiger partial charge in [-0.3, -0.25) is 0 Å². The molecule has 1 aliphatic carbocycles. The first-order valence-electron chi connectivity index (χ1n) is 31.0. The highest BCUT2D eigenvalue weighted by molar-refractivity contribution is 6.35. The molecule has 8 bridgehead atoms. The fourth-order valence-corrected chi connectivity index (χ4v) is 11.9. The molecule has 4 aromatic carbocycles. The van der Waals surface area contributed by atoms with Crippen molar-refractivity contribution in [1.29, 1.82) is 0 Å². The summed E-state index contributed by atoms with van der Waals surface area (Å²) in [5.41, 5.74) is 25.5. The summed E-state index contributed by atoms with van der Waals surface area (Å²) in [6, 6.07) is 43.0. The van der Waals surface area contributed by atoms with Crippen LogP contribution in [0.4, 0.5) is 0 Å². The third-order valence-corrected chi connectivity index (χ3v) is 17.7. The quantitative estimate of drug-likeness (QED) is 0.181. The molecule has 0 fully saturated rings. The van der Waals surface area contributed by atoms with Crippen molar-refractivity contribution in [2.75, 3.05) is 0 Å². The molecule has 7 aromatic rings. The number of hydrogen-bond donors (Lipinski definition) is 2. The van der Waals surface area contributed by atoms with Crippen molar-refractivity contribution >= 4 is 28.0 Å². The van der Waals surface area contributed by atoms with E-state index in [0.717, 1.165) is 99.9 Å². The van der Waals surface area contributed by atoms with E-state index in [1.165, 1.54) is 50.1 Å². The Morgan fingerprint density at radius 2 is 0.571 bits per heavy atom. The number of H-pyrrole nitrogens is 2. The fraction of sp³-hybridized carbons (Fsp3) is 0.412. The molecule has 3 aliphatic rings. The summed E-state index contributed by atoms with van der Waals surface area (Å²) in [6.45, 7) is 58.2. The highest BCUT2D eigenvalue weighted by Gasteiger charge is 2.35. The van der Waals surface area contributed by atoms with Gasteiger partial charge >= 0.3 is 0 Å². The molecule has 2 N–H and O–H groups in total. The predicted octanol–water partition coefficient (Wildman–Crippen LogP) is 17.2. The molecule has 3 aromatic heterocycles. The maximum atomic E-state index is 6.15. The van der Waals surface area contributed by atoms with Crippen LogP contribution in [0.25, 0.3) is 22.3 Å². The standard InChI is InChI=1S/C80H97N4/c1-46-32-59-60(33-46)72-70(50-40-57(79(20,21)22)45-58(41-50)80(23,24)25)66-31-29-64(83-66)68(48-36-53(75(8,9)10)43-54(37-48)76(11,12)13)62-27-26-61(81-62)67(47-34-51(73(2,3)4)42-52(35-47)74(5,6)7)63-28-30-65(82-63)69(71(59)84-72)49-38-55(77(14,15)16)44-56(39-49)78(17,18)19/h26-45,82-83H,1-25H3/q-1/b67-63-,68-64-,69-65-,70-66-. The van der Waals surface area contributed by atoms with Crippen LogP contribution in [0.5, 0.6) is 0 Å². The summed E-state index contributed by atoms with van der Waals surface area (Å²) in [5.74, 6) is 0. The van der Waals surface area contributed by atoms with Crippen LogP contribution in [-0.2, 0) is 43.3 Å². The third-order valence-electron chi connectivity index (χ3n) is 17.7. The molecular weight excluding hydrogens is 1020 g/mol. The van der Waals surface area contributed by atoms with Gasteiger partial charge in [-0.25, -0.2) is 4.99 Å². The minimum Gasteiger partial charge on any atom is -0.657 e. The van der Waals surface area contributed by atoms with Gasteiger partial charge in [0.25, 0.3) is 0 Å². The summed E-state index contributed by atoms with van der Waals surface area (Å²) in [6.07, 6.45) is 4.75. The molecule has 0 spiro atoms. The Kier molecular flexibility index (Phi) is 14.4. The predicted molar refractivity (Wildman–Crippen MR) is 360 cm³/mol. The Labute approximate surface area is 505 Å². The Balaban J connectivity index is 1.47. The van der Waals surface area contributed by atoms with E-state index in [9.17, 15) is 0 Å². The van der Waals surface area contributed by atoms with Crippen LogP contribution in [0.2, 0.25) is 0 Å². The third kappa shape index (κ3) is 11.7. The lowest BCUT2D eigenvalue weighted by Crippen LogP contribution is -2.23. The van der Waals surface area contributed by atoms with Crippen molar-refractivity contribution in [3.8, 4) is 0 Å². The Hall–Kier alpha value is -6.91. The molecule has 438 valence electrons. The van der Waals surface area contributed by atoms with Gasteiger partial charge in [0.2, 0.25) is 0 Å². The molecular formula is C80H97N4-. The number of benzene rings is 4. The van der Waals surface area contributed by atoms with Crippen LogP contribution in [0, 0.1) is 0 Å². The van der Waals surface area contributed by atoms with E-state index in [1.807, 2.05) is 0 Å². The molecule has 0 saturated heterocycles. The van der Waals surface area contributed by atoms with E-state index in [4.69, 9.17) is 9.98 Å². The van der Waals surface area contributed by atoms with Crippen LogP contribution >= 0.6 is 0 Å². The second-order valence-corrected chi connectivity index (χ2v) is 33.2. The number of hydrogen-bond acceptors (Lipinski definition) is 1. The SMILES string of the molecule is CC1=CC2=C3N=C(C2=C1)/C(c1cc(C(C)(C)C)cc(C(C)(C)C)c1)=c1/cc/c([nH]1)=C(\c1cc(C(C)(C)C)cc(C(C)(C)C)c1)c1ccc([n-]1)/C(c1cc(C(C)(C)C)cc(C(C)(C)C)c1)=c1/cc/c([nH]1)=C/3c1cc(C(C)(C)C)cc(C(C)(C)C)c1. The number of nitrogens with zero attached hydrogens (tertiary/aromatic N) is 2. The van der Waals surface area contributed by atoms with Gasteiger partial charge in [0.1, 0.15) is 0 Å². The van der Waals surface area contributed by atoms with Crippen molar-refractivity contribution in [3.63, 3.8) is 0 Å². The minimum atomic E-state index is -0.120. The number of fused-ring (bicyclic) bond motifs is 9. The first-order chi connectivity index (χ1) is 38.5. The first kappa shape index (κ1) is 60.2. The Morgan fingerprint density at radius 1 is 0.310 bits per heavy atom. The van der Waals surface area contributed by atoms with Crippen molar-refractivity contribution < 1.29 is 0 Å². The monoisotopic (exact) mass is 1110 g/mol. The number of allylic oxidation sites excluding steroid dienone is 6. The highest BCUT2D eigenvalue weighted by Crippen LogP contribution is 2.45. The van der Waals surface area contributed by atoms with Gasteiger partial charge in [0.15, 0.2) is 0 Å². The molecule has 10 rings (SSSR count). The zero-order valence-corrected chi connectivity index (χ0v) is 55.9. The second-order valence-electron chi connectivity index (χ2n) is 33.2. The Bertz CT molecular complexity index is 4100. The van der Waals surface area contributed by atoms with E-state index in [1.54, 1.807) is 0 Å². The average Bonchev–Trinajstić information content (AvgIpc) is 2.09. The molecule has 0 saturated carbocycles. The fourth-order valence-electron chi connectivity index (χ4n) is 11.9. The van der Waals surface area contributed by atoms with Crippen molar-refractivity contribution in [2.24, 2.45) is 4.99 Å². The van der Waals surface area contributed by atoms with Crippen molar-refractivity contribution in [1.82, 2.24) is 15.0 Å². The van der Waals surface area contributed by atoms with Crippen LogP contribution in [-0.4, -0.2) is 15.7 Å². The maximum absolute atomic E-state index is 6.15. The highest BCUT2D eigenvalue weighted by atomic mass is 14.8. The van der Waals surface area contributed by atoms with E-state index in [-0.39, 0.29) is 43.3 Å². The van der Waals surface area contributed by atoms with E-state index < -0.39 is 0 Å². The van der Waals surface area contributed by atoms with Crippen LogP contribution in [0.1, 0.15) is 251 Å². The molecule has 0 unspecified atom stereocenters. The molecule has 0 atom stereocenters. The Morgan fingerprint density at radius 3 is 0.869 bits per heavy atom. The molecule has 84 heavy (non-hydrogen) atoms. The van der Waals surface area contributed by atoms with Gasteiger partial charge in [-0.15, -0.1) is 11.4 Å². The summed E-state index contributed by atoms with van der Waals surface area (Å²) in [7, 11) is 0. The van der Waals surface area contributed by atoms with E-state index >= 15 is 0 Å². The molecule has 0 radical (unpaired) electrons. The van der Waals surface area contributed by atoms with Crippen LogP contribution in [0.15, 0.2) is 149 Å². The zero-order valence-electron chi connectivity index (χ0n) is 55.9. The topological polar surface area (TPSA) is 58.0 Å². The second kappa shape index (κ2) is 20.1. The molecule has 5 heterocycles. The van der Waals surface area contributed by atoms with Crippen LogP contribution in [0.3, 0.4) is 0 Å². The average molecular weight is 1110 g/mol. The normalized spacial score (nSPS) is 18.3. The molecule has 4 nitrogen and oxygen atoms in total. The van der Waals surface area contributed by atoms with Crippen molar-refractivity contribution in [2.45, 2.75) is 216 Å². The van der Waals surface area contributed by atoms with Gasteiger partial charge in [0.05, 0.1) is 11.4 Å². The summed E-state index contributed by atoms with van der Waals surface area (Å²) >= 11 is 0. The lowest BCUT2D eigenvalue weighted by atomic mass is 9.78. The van der Waals surface area contributed by atoms with Crippen LogP contribution < -0.4 is 26.4 Å². The van der Waals surface area contributed by atoms with Gasteiger partial charge in [-0.05, 0) is 170 Å².